The Morgan fingerprint density at radius 2 is 1.65 bits per heavy atom. The van der Waals surface area contributed by atoms with E-state index in [9.17, 15) is 17.2 Å². The monoisotopic (exact) mass is 377 g/mol. The van der Waals surface area contributed by atoms with Crippen molar-refractivity contribution in [2.24, 2.45) is 0 Å². The zero-order valence-electron chi connectivity index (χ0n) is 14.7. The molecular weight excluding hydrogens is 360 g/mol. The number of benzene rings is 2. The van der Waals surface area contributed by atoms with Crippen LogP contribution in [0.3, 0.4) is 0 Å². The Morgan fingerprint density at radius 1 is 0.962 bits per heavy atom. The van der Waals surface area contributed by atoms with Crippen LogP contribution in [0.1, 0.15) is 16.9 Å². The maximum Gasteiger partial charge on any atom is 0.178 e. The molecule has 0 bridgehead atoms. The lowest BCUT2D eigenvalue weighted by molar-refractivity contribution is 0.400. The third-order valence-corrected chi connectivity index (χ3v) is 5.45. The Kier molecular flexibility index (Phi) is 4.44. The molecule has 0 aliphatic heterocycles. The van der Waals surface area contributed by atoms with Gasteiger partial charge in [-0.1, -0.05) is 17.3 Å². The molecule has 0 radical (unpaired) electrons. The van der Waals surface area contributed by atoms with Crippen LogP contribution in [-0.2, 0) is 9.84 Å². The van der Waals surface area contributed by atoms with Crippen molar-refractivity contribution >= 4 is 9.84 Å². The van der Waals surface area contributed by atoms with E-state index in [4.69, 9.17) is 4.52 Å². The molecule has 0 amide bonds. The second-order valence-electron chi connectivity index (χ2n) is 6.30. The highest BCUT2D eigenvalue weighted by atomic mass is 32.2. The summed E-state index contributed by atoms with van der Waals surface area (Å²) < 4.78 is 57.3. The van der Waals surface area contributed by atoms with Gasteiger partial charge >= 0.3 is 0 Å². The molecule has 1 aromatic heterocycles. The first-order valence-electron chi connectivity index (χ1n) is 7.83. The number of halogens is 2. The van der Waals surface area contributed by atoms with Gasteiger partial charge in [-0.25, -0.2) is 17.2 Å². The Hall–Kier alpha value is -2.54. The van der Waals surface area contributed by atoms with Crippen LogP contribution in [0.2, 0.25) is 0 Å². The van der Waals surface area contributed by atoms with Crippen molar-refractivity contribution < 1.29 is 21.7 Å². The lowest BCUT2D eigenvalue weighted by atomic mass is 9.97. The third-order valence-electron chi connectivity index (χ3n) is 4.33. The molecule has 0 unspecified atom stereocenters. The molecule has 0 aliphatic carbocycles. The number of sulfone groups is 1. The molecule has 0 fully saturated rings. The zero-order valence-corrected chi connectivity index (χ0v) is 15.5. The quantitative estimate of drug-likeness (QED) is 0.668. The summed E-state index contributed by atoms with van der Waals surface area (Å²) in [5.41, 5.74) is 3.38. The summed E-state index contributed by atoms with van der Waals surface area (Å²) in [4.78, 5) is -0.680. The first kappa shape index (κ1) is 18.3. The molecule has 0 saturated heterocycles. The second-order valence-corrected chi connectivity index (χ2v) is 8.28. The van der Waals surface area contributed by atoms with Gasteiger partial charge in [0.2, 0.25) is 0 Å². The van der Waals surface area contributed by atoms with E-state index in [1.165, 1.54) is 0 Å². The third kappa shape index (κ3) is 3.14. The number of aromatic nitrogens is 1. The molecule has 2 aromatic carbocycles. The predicted octanol–water partition coefficient (Wildman–Crippen LogP) is 4.62. The van der Waals surface area contributed by atoms with E-state index in [1.807, 2.05) is 32.0 Å². The lowest BCUT2D eigenvalue weighted by Gasteiger charge is -2.09. The molecular formula is C19H17F2NO3S. The maximum absolute atomic E-state index is 14.6. The van der Waals surface area contributed by atoms with Crippen molar-refractivity contribution in [2.45, 2.75) is 25.7 Å². The average Bonchev–Trinajstić information content (AvgIpc) is 2.92. The Bertz CT molecular complexity index is 1120. The number of rotatable bonds is 3. The summed E-state index contributed by atoms with van der Waals surface area (Å²) in [6, 6.07) is 7.17. The summed E-state index contributed by atoms with van der Waals surface area (Å²) in [7, 11) is -3.88. The van der Waals surface area contributed by atoms with Gasteiger partial charge in [0.05, 0.1) is 5.56 Å². The van der Waals surface area contributed by atoms with Gasteiger partial charge in [0.25, 0.3) is 0 Å². The maximum atomic E-state index is 14.6. The summed E-state index contributed by atoms with van der Waals surface area (Å²) in [6.07, 6.45) is 0.829. The molecule has 0 aliphatic rings. The standard InChI is InChI=1S/C19H17F2NO3S/c1-10-5-6-13(7-11(10)2)19-18(12(3)25-22-19)14-8-16(21)17(9-15(14)20)26(4,23)24/h5-9H,1-4H3. The highest BCUT2D eigenvalue weighted by molar-refractivity contribution is 7.90. The summed E-state index contributed by atoms with van der Waals surface area (Å²) in [5, 5.41) is 3.99. The van der Waals surface area contributed by atoms with E-state index in [0.29, 0.717) is 28.6 Å². The summed E-state index contributed by atoms with van der Waals surface area (Å²) >= 11 is 0. The summed E-state index contributed by atoms with van der Waals surface area (Å²) in [6.45, 7) is 5.49. The molecule has 3 rings (SSSR count). The molecule has 136 valence electrons. The molecule has 3 aromatic rings. The average molecular weight is 377 g/mol. The Balaban J connectivity index is 2.24. The van der Waals surface area contributed by atoms with Crippen molar-refractivity contribution in [3.63, 3.8) is 0 Å². The van der Waals surface area contributed by atoms with Crippen molar-refractivity contribution in [1.82, 2.24) is 5.16 Å². The Morgan fingerprint density at radius 3 is 2.27 bits per heavy atom. The highest BCUT2D eigenvalue weighted by Crippen LogP contribution is 2.37. The molecule has 0 N–H and O–H groups in total. The summed E-state index contributed by atoms with van der Waals surface area (Å²) in [5.74, 6) is -1.57. The van der Waals surface area contributed by atoms with E-state index in [0.717, 1.165) is 23.4 Å². The van der Waals surface area contributed by atoms with Crippen LogP contribution in [0.4, 0.5) is 8.78 Å². The molecule has 7 heteroatoms. The predicted molar refractivity (Wildman–Crippen MR) is 94.6 cm³/mol. The molecule has 26 heavy (non-hydrogen) atoms. The fraction of sp³-hybridized carbons (Fsp3) is 0.211. The minimum atomic E-state index is -3.88. The van der Waals surface area contributed by atoms with Crippen molar-refractivity contribution in [2.75, 3.05) is 6.26 Å². The highest BCUT2D eigenvalue weighted by Gasteiger charge is 2.24. The SMILES string of the molecule is Cc1ccc(-c2noc(C)c2-c2cc(F)c(S(C)(=O)=O)cc2F)cc1C. The normalized spacial score (nSPS) is 11.8. The smallest absolute Gasteiger partial charge is 0.178 e. The fourth-order valence-electron chi connectivity index (χ4n) is 2.78. The minimum absolute atomic E-state index is 0.0955. The van der Waals surface area contributed by atoms with Crippen LogP contribution in [0, 0.1) is 32.4 Å². The number of hydrogen-bond donors (Lipinski definition) is 0. The van der Waals surface area contributed by atoms with Crippen LogP contribution in [-0.4, -0.2) is 19.8 Å². The fourth-order valence-corrected chi connectivity index (χ4v) is 3.51. The first-order valence-corrected chi connectivity index (χ1v) is 9.72. The number of aryl methyl sites for hydroxylation is 3. The molecule has 4 nitrogen and oxygen atoms in total. The van der Waals surface area contributed by atoms with E-state index < -0.39 is 26.4 Å². The Labute approximate surface area is 150 Å². The van der Waals surface area contributed by atoms with Crippen LogP contribution < -0.4 is 0 Å². The molecule has 0 saturated carbocycles. The van der Waals surface area contributed by atoms with Gasteiger partial charge in [-0.15, -0.1) is 0 Å². The van der Waals surface area contributed by atoms with Crippen LogP contribution in [0.15, 0.2) is 39.8 Å². The first-order chi connectivity index (χ1) is 12.1. The van der Waals surface area contributed by atoms with E-state index in [2.05, 4.69) is 5.16 Å². The van der Waals surface area contributed by atoms with Crippen molar-refractivity contribution in [3.8, 4) is 22.4 Å². The topological polar surface area (TPSA) is 60.2 Å². The minimum Gasteiger partial charge on any atom is -0.360 e. The van der Waals surface area contributed by atoms with E-state index in [-0.39, 0.29) is 5.56 Å². The van der Waals surface area contributed by atoms with Gasteiger partial charge in [-0.3, -0.25) is 0 Å². The van der Waals surface area contributed by atoms with Gasteiger partial charge < -0.3 is 4.52 Å². The van der Waals surface area contributed by atoms with Crippen LogP contribution >= 0.6 is 0 Å². The van der Waals surface area contributed by atoms with E-state index in [1.54, 1.807) is 6.92 Å². The largest absolute Gasteiger partial charge is 0.360 e. The van der Waals surface area contributed by atoms with E-state index >= 15 is 0 Å². The van der Waals surface area contributed by atoms with Gasteiger partial charge in [0, 0.05) is 17.4 Å². The van der Waals surface area contributed by atoms with Crippen LogP contribution in [0.25, 0.3) is 22.4 Å². The lowest BCUT2D eigenvalue weighted by Crippen LogP contribution is -2.03. The van der Waals surface area contributed by atoms with Gasteiger partial charge in [0.15, 0.2) is 9.84 Å². The molecule has 0 spiro atoms. The number of nitrogens with zero attached hydrogens (tertiary/aromatic N) is 1. The van der Waals surface area contributed by atoms with Gasteiger partial charge in [0.1, 0.15) is 28.0 Å². The zero-order chi connectivity index (χ0) is 19.2. The second kappa shape index (κ2) is 6.32. The van der Waals surface area contributed by atoms with Gasteiger partial charge in [-0.05, 0) is 50.1 Å². The van der Waals surface area contributed by atoms with Crippen molar-refractivity contribution in [1.29, 1.82) is 0 Å². The molecule has 0 atom stereocenters. The van der Waals surface area contributed by atoms with Gasteiger partial charge in [-0.2, -0.15) is 0 Å². The van der Waals surface area contributed by atoms with Crippen molar-refractivity contribution in [3.05, 3.63) is 58.9 Å². The molecule has 1 heterocycles. The van der Waals surface area contributed by atoms with Crippen LogP contribution in [0.5, 0.6) is 0 Å². The number of hydrogen-bond acceptors (Lipinski definition) is 4.